The minimum atomic E-state index is -0.0302. The zero-order chi connectivity index (χ0) is 15.9. The minimum absolute atomic E-state index is 0.0302. The van der Waals surface area contributed by atoms with Gasteiger partial charge in [-0.1, -0.05) is 12.8 Å². The molecule has 6 heteroatoms. The first kappa shape index (κ1) is 15.1. The van der Waals surface area contributed by atoms with Gasteiger partial charge in [0.1, 0.15) is 0 Å². The first-order valence-corrected chi connectivity index (χ1v) is 8.94. The molecule has 1 aromatic rings. The van der Waals surface area contributed by atoms with E-state index in [2.05, 4.69) is 27.8 Å². The van der Waals surface area contributed by atoms with Gasteiger partial charge < -0.3 is 15.4 Å². The lowest BCUT2D eigenvalue weighted by Crippen LogP contribution is -2.63. The molecule has 2 unspecified atom stereocenters. The zero-order valence-corrected chi connectivity index (χ0v) is 13.8. The maximum atomic E-state index is 12.7. The van der Waals surface area contributed by atoms with E-state index < -0.39 is 0 Å². The predicted octanol–water partition coefficient (Wildman–Crippen LogP) is 1.52. The van der Waals surface area contributed by atoms with Crippen LogP contribution in [0.1, 0.15) is 60.8 Å². The van der Waals surface area contributed by atoms with Crippen molar-refractivity contribution in [3.63, 3.8) is 0 Å². The van der Waals surface area contributed by atoms with Gasteiger partial charge in [0.15, 0.2) is 5.69 Å². The number of hydrogen-bond donors (Lipinski definition) is 3. The summed E-state index contributed by atoms with van der Waals surface area (Å²) in [5, 5.41) is 13.9. The van der Waals surface area contributed by atoms with Crippen molar-refractivity contribution >= 4 is 5.91 Å². The molecular formula is C17H26N4O2. The maximum Gasteiger partial charge on any atom is 0.272 e. The van der Waals surface area contributed by atoms with E-state index >= 15 is 0 Å². The van der Waals surface area contributed by atoms with Crippen LogP contribution in [0.2, 0.25) is 0 Å². The first-order chi connectivity index (χ1) is 11.2. The third kappa shape index (κ3) is 2.39. The van der Waals surface area contributed by atoms with Crippen molar-refractivity contribution in [3.05, 3.63) is 17.0 Å². The molecule has 2 saturated carbocycles. The molecule has 2 fully saturated rings. The van der Waals surface area contributed by atoms with Crippen LogP contribution in [0.15, 0.2) is 0 Å². The number of aromatic nitrogens is 2. The van der Waals surface area contributed by atoms with Gasteiger partial charge in [0, 0.05) is 48.8 Å². The van der Waals surface area contributed by atoms with Crippen molar-refractivity contribution in [2.24, 2.45) is 5.41 Å². The van der Waals surface area contributed by atoms with Gasteiger partial charge in [-0.25, -0.2) is 0 Å². The second-order valence-electron chi connectivity index (χ2n) is 7.10. The average Bonchev–Trinajstić information content (AvgIpc) is 3.22. The molecule has 6 nitrogen and oxygen atoms in total. The summed E-state index contributed by atoms with van der Waals surface area (Å²) in [5.41, 5.74) is 2.88. The Morgan fingerprint density at radius 3 is 3.04 bits per heavy atom. The van der Waals surface area contributed by atoms with Gasteiger partial charge in [-0.3, -0.25) is 9.89 Å². The summed E-state index contributed by atoms with van der Waals surface area (Å²) < 4.78 is 5.93. The molecule has 0 aromatic carbocycles. The SMILES string of the molecule is CCOC1CC(NC(=O)c2n[nH]c3c2CNCC3)C12CCCC2. The Labute approximate surface area is 136 Å². The fraction of sp³-hybridized carbons (Fsp3) is 0.765. The fourth-order valence-corrected chi connectivity index (χ4v) is 4.73. The highest BCUT2D eigenvalue weighted by molar-refractivity contribution is 5.94. The van der Waals surface area contributed by atoms with E-state index in [1.807, 2.05) is 0 Å². The molecule has 1 aliphatic heterocycles. The maximum absolute atomic E-state index is 12.7. The highest BCUT2D eigenvalue weighted by Gasteiger charge is 2.57. The van der Waals surface area contributed by atoms with E-state index in [4.69, 9.17) is 4.74 Å². The fourth-order valence-electron chi connectivity index (χ4n) is 4.73. The predicted molar refractivity (Wildman–Crippen MR) is 86.2 cm³/mol. The Kier molecular flexibility index (Phi) is 3.89. The molecule has 23 heavy (non-hydrogen) atoms. The zero-order valence-electron chi connectivity index (χ0n) is 13.8. The third-order valence-electron chi connectivity index (χ3n) is 6.01. The van der Waals surface area contributed by atoms with Crippen LogP contribution in [-0.2, 0) is 17.7 Å². The lowest BCUT2D eigenvalue weighted by molar-refractivity contribution is -0.127. The van der Waals surface area contributed by atoms with Crippen molar-refractivity contribution in [1.82, 2.24) is 20.8 Å². The molecule has 2 atom stereocenters. The topological polar surface area (TPSA) is 79.0 Å². The lowest BCUT2D eigenvalue weighted by atomic mass is 9.60. The van der Waals surface area contributed by atoms with Crippen LogP contribution < -0.4 is 10.6 Å². The monoisotopic (exact) mass is 318 g/mol. The summed E-state index contributed by atoms with van der Waals surface area (Å²) >= 11 is 0. The van der Waals surface area contributed by atoms with Gasteiger partial charge >= 0.3 is 0 Å². The van der Waals surface area contributed by atoms with Crippen molar-refractivity contribution < 1.29 is 9.53 Å². The Bertz CT molecular complexity index is 591. The molecule has 0 radical (unpaired) electrons. The molecule has 2 heterocycles. The first-order valence-electron chi connectivity index (χ1n) is 8.94. The normalized spacial score (nSPS) is 28.4. The molecule has 4 rings (SSSR count). The number of aromatic amines is 1. The minimum Gasteiger partial charge on any atom is -0.378 e. The van der Waals surface area contributed by atoms with Crippen LogP contribution in [0.4, 0.5) is 0 Å². The van der Waals surface area contributed by atoms with Crippen molar-refractivity contribution in [3.8, 4) is 0 Å². The summed E-state index contributed by atoms with van der Waals surface area (Å²) in [6.45, 7) is 4.48. The second-order valence-corrected chi connectivity index (χ2v) is 7.10. The standard InChI is InChI=1S/C17H26N4O2/c1-2-23-14-9-13(17(14)6-3-4-7-17)19-16(22)15-11-10-18-8-5-12(11)20-21-15/h13-14,18H,2-10H2,1H3,(H,19,22)(H,20,21). The summed E-state index contributed by atoms with van der Waals surface area (Å²) in [6.07, 6.45) is 7.00. The van der Waals surface area contributed by atoms with Crippen LogP contribution in [0, 0.1) is 5.41 Å². The van der Waals surface area contributed by atoms with Gasteiger partial charge in [0.25, 0.3) is 5.91 Å². The van der Waals surface area contributed by atoms with Gasteiger partial charge in [-0.05, 0) is 26.2 Å². The number of carbonyl (C=O) groups is 1. The van der Waals surface area contributed by atoms with E-state index in [-0.39, 0.29) is 17.4 Å². The van der Waals surface area contributed by atoms with Crippen molar-refractivity contribution in [2.75, 3.05) is 13.2 Å². The Balaban J connectivity index is 1.48. The Morgan fingerprint density at radius 2 is 2.26 bits per heavy atom. The van der Waals surface area contributed by atoms with E-state index in [1.54, 1.807) is 0 Å². The van der Waals surface area contributed by atoms with E-state index in [0.29, 0.717) is 11.8 Å². The number of hydrogen-bond acceptors (Lipinski definition) is 4. The van der Waals surface area contributed by atoms with Gasteiger partial charge in [-0.15, -0.1) is 0 Å². The molecule has 2 aliphatic carbocycles. The molecule has 0 bridgehead atoms. The number of amides is 1. The molecule has 1 spiro atoms. The molecular weight excluding hydrogens is 292 g/mol. The van der Waals surface area contributed by atoms with E-state index in [0.717, 1.165) is 43.8 Å². The summed E-state index contributed by atoms with van der Waals surface area (Å²) in [4.78, 5) is 12.7. The van der Waals surface area contributed by atoms with Crippen LogP contribution in [-0.4, -0.2) is 41.4 Å². The summed E-state index contributed by atoms with van der Waals surface area (Å²) in [7, 11) is 0. The highest BCUT2D eigenvalue weighted by atomic mass is 16.5. The highest BCUT2D eigenvalue weighted by Crippen LogP contribution is 2.54. The van der Waals surface area contributed by atoms with Gasteiger partial charge in [0.2, 0.25) is 0 Å². The summed E-state index contributed by atoms with van der Waals surface area (Å²) in [6, 6.07) is 0.234. The van der Waals surface area contributed by atoms with E-state index in [9.17, 15) is 4.79 Å². The Hall–Kier alpha value is -1.40. The number of H-pyrrole nitrogens is 1. The number of fused-ring (bicyclic) bond motifs is 1. The Morgan fingerprint density at radius 1 is 1.43 bits per heavy atom. The number of rotatable bonds is 4. The molecule has 1 aromatic heterocycles. The number of carbonyl (C=O) groups excluding carboxylic acids is 1. The second kappa shape index (κ2) is 5.91. The molecule has 1 amide bonds. The number of nitrogens with zero attached hydrogens (tertiary/aromatic N) is 1. The van der Waals surface area contributed by atoms with Crippen molar-refractivity contribution in [2.45, 2.75) is 64.1 Å². The average molecular weight is 318 g/mol. The molecule has 0 saturated heterocycles. The van der Waals surface area contributed by atoms with Crippen LogP contribution >= 0.6 is 0 Å². The smallest absolute Gasteiger partial charge is 0.272 e. The van der Waals surface area contributed by atoms with Crippen LogP contribution in [0.3, 0.4) is 0 Å². The molecule has 3 aliphatic rings. The number of ether oxygens (including phenoxy) is 1. The molecule has 126 valence electrons. The largest absolute Gasteiger partial charge is 0.378 e. The van der Waals surface area contributed by atoms with Crippen LogP contribution in [0.25, 0.3) is 0 Å². The number of nitrogens with one attached hydrogen (secondary N) is 3. The summed E-state index contributed by atoms with van der Waals surface area (Å²) in [5.74, 6) is -0.0302. The third-order valence-corrected chi connectivity index (χ3v) is 6.01. The molecule has 3 N–H and O–H groups in total. The van der Waals surface area contributed by atoms with Gasteiger partial charge in [-0.2, -0.15) is 5.10 Å². The van der Waals surface area contributed by atoms with Crippen LogP contribution in [0.5, 0.6) is 0 Å². The van der Waals surface area contributed by atoms with Crippen molar-refractivity contribution in [1.29, 1.82) is 0 Å². The van der Waals surface area contributed by atoms with E-state index in [1.165, 1.54) is 25.7 Å². The lowest BCUT2D eigenvalue weighted by Gasteiger charge is -2.54. The van der Waals surface area contributed by atoms with Gasteiger partial charge in [0.05, 0.1) is 6.10 Å². The quantitative estimate of drug-likeness (QED) is 0.786.